The number of hydrogen-bond acceptors (Lipinski definition) is 4. The number of aryl methyl sites for hydroxylation is 2. The predicted molar refractivity (Wildman–Crippen MR) is 86.2 cm³/mol. The van der Waals surface area contributed by atoms with E-state index in [1.165, 1.54) is 0 Å². The summed E-state index contributed by atoms with van der Waals surface area (Å²) in [5.74, 6) is 0.637. The van der Waals surface area contributed by atoms with Gasteiger partial charge in [0.15, 0.2) is 5.82 Å². The van der Waals surface area contributed by atoms with Crippen molar-refractivity contribution in [2.45, 2.75) is 13.8 Å². The highest BCUT2D eigenvalue weighted by atomic mass is 79.9. The summed E-state index contributed by atoms with van der Waals surface area (Å²) >= 11 is 3.50. The third-order valence-electron chi connectivity index (χ3n) is 3.31. The number of aromatic nitrogens is 4. The van der Waals surface area contributed by atoms with Crippen molar-refractivity contribution in [3.05, 3.63) is 52.0 Å². The van der Waals surface area contributed by atoms with Crippen molar-refractivity contribution >= 4 is 21.6 Å². The summed E-state index contributed by atoms with van der Waals surface area (Å²) in [6.07, 6.45) is 0. The highest BCUT2D eigenvalue weighted by Gasteiger charge is 2.14. The Kier molecular flexibility index (Phi) is 3.47. The Hall–Kier alpha value is -2.21. The normalized spacial score (nSPS) is 10.8. The molecule has 0 saturated carbocycles. The smallest absolute Gasteiger partial charge is 0.189 e. The first-order valence-corrected chi connectivity index (χ1v) is 7.27. The number of tetrazole rings is 1. The fourth-order valence-electron chi connectivity index (χ4n) is 2.15. The Morgan fingerprint density at radius 3 is 2.67 bits per heavy atom. The Bertz CT molecular complexity index is 810. The van der Waals surface area contributed by atoms with Gasteiger partial charge in [-0.3, -0.25) is 0 Å². The second-order valence-corrected chi connectivity index (χ2v) is 5.79. The number of benzene rings is 2. The summed E-state index contributed by atoms with van der Waals surface area (Å²) in [6.45, 7) is 4.04. The molecule has 2 aromatic carbocycles. The second kappa shape index (κ2) is 5.29. The molecule has 1 aromatic heterocycles. The molecule has 0 amide bonds. The standard InChI is InChI=1S/C15H14BrN5/c1-9-3-6-14(17)12(7-9)15-18-19-20-21(15)11-4-5-13(16)10(2)8-11/h3-8H,17H2,1-2H3. The molecule has 21 heavy (non-hydrogen) atoms. The van der Waals surface area contributed by atoms with Crippen LogP contribution >= 0.6 is 15.9 Å². The number of rotatable bonds is 2. The molecule has 0 aliphatic heterocycles. The minimum absolute atomic E-state index is 0.637. The monoisotopic (exact) mass is 343 g/mol. The number of halogens is 1. The van der Waals surface area contributed by atoms with Gasteiger partial charge in [0, 0.05) is 15.7 Å². The Balaban J connectivity index is 2.17. The van der Waals surface area contributed by atoms with Gasteiger partial charge in [0.1, 0.15) is 0 Å². The van der Waals surface area contributed by atoms with E-state index < -0.39 is 0 Å². The third kappa shape index (κ3) is 2.54. The Morgan fingerprint density at radius 2 is 1.90 bits per heavy atom. The van der Waals surface area contributed by atoms with Crippen molar-refractivity contribution in [1.82, 2.24) is 20.2 Å². The van der Waals surface area contributed by atoms with Crippen molar-refractivity contribution in [2.24, 2.45) is 0 Å². The molecule has 0 radical (unpaired) electrons. The molecule has 0 saturated heterocycles. The number of hydrogen-bond donors (Lipinski definition) is 1. The summed E-state index contributed by atoms with van der Waals surface area (Å²) in [4.78, 5) is 0. The van der Waals surface area contributed by atoms with E-state index in [1.807, 2.05) is 50.2 Å². The van der Waals surface area contributed by atoms with Gasteiger partial charge in [0.2, 0.25) is 0 Å². The van der Waals surface area contributed by atoms with E-state index >= 15 is 0 Å². The van der Waals surface area contributed by atoms with Crippen LogP contribution in [0.3, 0.4) is 0 Å². The van der Waals surface area contributed by atoms with Gasteiger partial charge in [-0.05, 0) is 60.2 Å². The SMILES string of the molecule is Cc1ccc(N)c(-c2nnnn2-c2ccc(Br)c(C)c2)c1. The first-order chi connectivity index (χ1) is 10.1. The maximum Gasteiger partial charge on any atom is 0.189 e. The summed E-state index contributed by atoms with van der Waals surface area (Å²) in [5, 5.41) is 12.0. The number of nitrogens with zero attached hydrogens (tertiary/aromatic N) is 4. The van der Waals surface area contributed by atoms with Crippen LogP contribution < -0.4 is 5.73 Å². The first kappa shape index (κ1) is 13.8. The molecule has 0 atom stereocenters. The highest BCUT2D eigenvalue weighted by Crippen LogP contribution is 2.27. The van der Waals surface area contributed by atoms with E-state index in [2.05, 4.69) is 31.5 Å². The molecule has 5 nitrogen and oxygen atoms in total. The first-order valence-electron chi connectivity index (χ1n) is 6.47. The lowest BCUT2D eigenvalue weighted by Crippen LogP contribution is -2.02. The van der Waals surface area contributed by atoms with Crippen LogP contribution in [0.1, 0.15) is 11.1 Å². The fraction of sp³-hybridized carbons (Fsp3) is 0.133. The van der Waals surface area contributed by atoms with Crippen LogP contribution in [0.5, 0.6) is 0 Å². The second-order valence-electron chi connectivity index (χ2n) is 4.94. The lowest BCUT2D eigenvalue weighted by molar-refractivity contribution is 0.790. The van der Waals surface area contributed by atoms with E-state index in [0.29, 0.717) is 11.5 Å². The summed E-state index contributed by atoms with van der Waals surface area (Å²) < 4.78 is 2.75. The van der Waals surface area contributed by atoms with E-state index in [1.54, 1.807) is 4.68 Å². The van der Waals surface area contributed by atoms with Crippen LogP contribution in [0.4, 0.5) is 5.69 Å². The van der Waals surface area contributed by atoms with E-state index in [0.717, 1.165) is 26.9 Å². The van der Waals surface area contributed by atoms with Crippen LogP contribution in [-0.2, 0) is 0 Å². The van der Waals surface area contributed by atoms with Gasteiger partial charge < -0.3 is 5.73 Å². The summed E-state index contributed by atoms with van der Waals surface area (Å²) in [7, 11) is 0. The minimum atomic E-state index is 0.637. The van der Waals surface area contributed by atoms with E-state index in [-0.39, 0.29) is 0 Å². The van der Waals surface area contributed by atoms with Crippen molar-refractivity contribution in [1.29, 1.82) is 0 Å². The van der Waals surface area contributed by atoms with Gasteiger partial charge >= 0.3 is 0 Å². The number of nitrogen functional groups attached to an aromatic ring is 1. The molecule has 1 heterocycles. The van der Waals surface area contributed by atoms with Gasteiger partial charge in [-0.2, -0.15) is 4.68 Å². The van der Waals surface area contributed by atoms with Gasteiger partial charge in [-0.1, -0.05) is 27.6 Å². The van der Waals surface area contributed by atoms with Crippen molar-refractivity contribution in [2.75, 3.05) is 5.73 Å². The third-order valence-corrected chi connectivity index (χ3v) is 4.20. The quantitative estimate of drug-likeness (QED) is 0.725. The van der Waals surface area contributed by atoms with Crippen LogP contribution in [0.15, 0.2) is 40.9 Å². The molecule has 0 fully saturated rings. The van der Waals surface area contributed by atoms with Gasteiger partial charge in [0.05, 0.1) is 5.69 Å². The van der Waals surface area contributed by atoms with Gasteiger partial charge in [0.25, 0.3) is 0 Å². The average molecular weight is 344 g/mol. The molecular weight excluding hydrogens is 330 g/mol. The van der Waals surface area contributed by atoms with Crippen molar-refractivity contribution < 1.29 is 0 Å². The zero-order valence-electron chi connectivity index (χ0n) is 11.7. The lowest BCUT2D eigenvalue weighted by atomic mass is 10.1. The van der Waals surface area contributed by atoms with Crippen molar-refractivity contribution in [3.63, 3.8) is 0 Å². The number of anilines is 1. The van der Waals surface area contributed by atoms with E-state index in [9.17, 15) is 0 Å². The predicted octanol–water partition coefficient (Wildman–Crippen LogP) is 3.29. The fourth-order valence-corrected chi connectivity index (χ4v) is 2.40. The summed E-state index contributed by atoms with van der Waals surface area (Å²) in [5.41, 5.74) is 10.7. The molecule has 0 bridgehead atoms. The highest BCUT2D eigenvalue weighted by molar-refractivity contribution is 9.10. The number of nitrogens with two attached hydrogens (primary N) is 1. The minimum Gasteiger partial charge on any atom is -0.398 e. The Morgan fingerprint density at radius 1 is 1.10 bits per heavy atom. The molecule has 0 aliphatic carbocycles. The van der Waals surface area contributed by atoms with Crippen LogP contribution in [0, 0.1) is 13.8 Å². The van der Waals surface area contributed by atoms with Crippen LogP contribution in [0.25, 0.3) is 17.1 Å². The molecule has 0 aliphatic rings. The largest absolute Gasteiger partial charge is 0.398 e. The van der Waals surface area contributed by atoms with Crippen LogP contribution in [-0.4, -0.2) is 20.2 Å². The molecule has 3 aromatic rings. The molecular formula is C15H14BrN5. The Labute approximate surface area is 130 Å². The molecule has 6 heteroatoms. The molecule has 0 spiro atoms. The van der Waals surface area contributed by atoms with Gasteiger partial charge in [-0.25, -0.2) is 0 Å². The van der Waals surface area contributed by atoms with Crippen LogP contribution in [0.2, 0.25) is 0 Å². The van der Waals surface area contributed by atoms with E-state index in [4.69, 9.17) is 5.73 Å². The molecule has 0 unspecified atom stereocenters. The maximum atomic E-state index is 6.07. The zero-order chi connectivity index (χ0) is 15.0. The molecule has 2 N–H and O–H groups in total. The zero-order valence-corrected chi connectivity index (χ0v) is 13.3. The lowest BCUT2D eigenvalue weighted by Gasteiger charge is -2.09. The van der Waals surface area contributed by atoms with Gasteiger partial charge in [-0.15, -0.1) is 5.10 Å². The van der Waals surface area contributed by atoms with Crippen molar-refractivity contribution in [3.8, 4) is 17.1 Å². The average Bonchev–Trinajstić information content (AvgIpc) is 2.93. The molecule has 106 valence electrons. The molecule has 3 rings (SSSR count). The topological polar surface area (TPSA) is 69.6 Å². The maximum absolute atomic E-state index is 6.07. The summed E-state index contributed by atoms with van der Waals surface area (Å²) in [6, 6.07) is 11.8.